The minimum absolute atomic E-state index is 0.0667. The van der Waals surface area contributed by atoms with E-state index in [1.54, 1.807) is 0 Å². The van der Waals surface area contributed by atoms with Gasteiger partial charge in [-0.05, 0) is 37.6 Å². The van der Waals surface area contributed by atoms with Crippen LogP contribution in [0, 0.1) is 11.8 Å². The Labute approximate surface area is 92.3 Å². The maximum atomic E-state index is 5.92. The third kappa shape index (κ3) is 2.71. The Morgan fingerprint density at radius 1 is 1.47 bits per heavy atom. The molecule has 1 spiro atoms. The van der Waals surface area contributed by atoms with Gasteiger partial charge < -0.3 is 15.2 Å². The number of nitrogens with two attached hydrogens (primary N) is 1. The fourth-order valence-electron chi connectivity index (χ4n) is 2.86. The zero-order valence-corrected chi connectivity index (χ0v) is 9.71. The van der Waals surface area contributed by atoms with Crippen LogP contribution in [-0.4, -0.2) is 32.0 Å². The first-order chi connectivity index (χ1) is 7.24. The van der Waals surface area contributed by atoms with Gasteiger partial charge >= 0.3 is 0 Å². The Morgan fingerprint density at radius 2 is 2.33 bits per heavy atom. The molecule has 0 amide bonds. The van der Waals surface area contributed by atoms with Gasteiger partial charge in [0.05, 0.1) is 12.2 Å². The first kappa shape index (κ1) is 11.4. The second kappa shape index (κ2) is 4.81. The lowest BCUT2D eigenvalue weighted by Gasteiger charge is -2.37. The number of hydrogen-bond acceptors (Lipinski definition) is 3. The summed E-state index contributed by atoms with van der Waals surface area (Å²) < 4.78 is 11.4. The van der Waals surface area contributed by atoms with Crippen molar-refractivity contribution in [3.8, 4) is 0 Å². The van der Waals surface area contributed by atoms with Crippen LogP contribution in [0.15, 0.2) is 0 Å². The normalized spacial score (nSPS) is 38.4. The van der Waals surface area contributed by atoms with Gasteiger partial charge in [-0.25, -0.2) is 0 Å². The van der Waals surface area contributed by atoms with Crippen LogP contribution in [0.1, 0.15) is 32.6 Å². The second-order valence-corrected chi connectivity index (χ2v) is 5.27. The van der Waals surface area contributed by atoms with Crippen molar-refractivity contribution < 1.29 is 9.47 Å². The molecule has 0 saturated carbocycles. The summed E-state index contributed by atoms with van der Waals surface area (Å²) in [4.78, 5) is 0. The van der Waals surface area contributed by atoms with Gasteiger partial charge in [-0.3, -0.25) is 0 Å². The summed E-state index contributed by atoms with van der Waals surface area (Å²) in [5, 5.41) is 0. The molecular weight excluding hydrogens is 190 g/mol. The molecule has 0 radical (unpaired) electrons. The second-order valence-electron chi connectivity index (χ2n) is 5.27. The van der Waals surface area contributed by atoms with Gasteiger partial charge in [0.15, 0.2) is 0 Å². The highest BCUT2D eigenvalue weighted by molar-refractivity contribution is 4.90. The lowest BCUT2D eigenvalue weighted by atomic mass is 9.81. The monoisotopic (exact) mass is 213 g/mol. The predicted octanol–water partition coefficient (Wildman–Crippen LogP) is 1.56. The van der Waals surface area contributed by atoms with Crippen LogP contribution in [0.2, 0.25) is 0 Å². The van der Waals surface area contributed by atoms with E-state index >= 15 is 0 Å². The molecule has 0 aliphatic carbocycles. The maximum Gasteiger partial charge on any atom is 0.0939 e. The van der Waals surface area contributed by atoms with E-state index in [0.717, 1.165) is 38.7 Å². The summed E-state index contributed by atoms with van der Waals surface area (Å²) in [6, 6.07) is 0. The number of rotatable bonds is 3. The van der Waals surface area contributed by atoms with E-state index < -0.39 is 0 Å². The van der Waals surface area contributed by atoms with E-state index in [0.29, 0.717) is 5.92 Å². The summed E-state index contributed by atoms with van der Waals surface area (Å²) in [6.45, 7) is 5.64. The molecule has 2 heterocycles. The Kier molecular flexibility index (Phi) is 3.65. The largest absolute Gasteiger partial charge is 0.378 e. The van der Waals surface area contributed by atoms with Crippen LogP contribution >= 0.6 is 0 Å². The molecule has 0 bridgehead atoms. The van der Waals surface area contributed by atoms with Crippen molar-refractivity contribution in [3.63, 3.8) is 0 Å². The Bertz CT molecular complexity index is 202. The minimum atomic E-state index is 0.0667. The van der Waals surface area contributed by atoms with Crippen LogP contribution in [0.3, 0.4) is 0 Å². The summed E-state index contributed by atoms with van der Waals surface area (Å²) in [5.41, 5.74) is 5.74. The van der Waals surface area contributed by atoms with E-state index in [1.807, 2.05) is 0 Å². The molecule has 3 atom stereocenters. The highest BCUT2D eigenvalue weighted by Crippen LogP contribution is 2.37. The topological polar surface area (TPSA) is 44.5 Å². The number of ether oxygens (including phenoxy) is 2. The van der Waals surface area contributed by atoms with Gasteiger partial charge in [-0.1, -0.05) is 6.92 Å². The predicted molar refractivity (Wildman–Crippen MR) is 59.7 cm³/mol. The van der Waals surface area contributed by atoms with Crippen molar-refractivity contribution in [3.05, 3.63) is 0 Å². The van der Waals surface area contributed by atoms with E-state index in [9.17, 15) is 0 Å². The lowest BCUT2D eigenvalue weighted by molar-refractivity contribution is -0.100. The smallest absolute Gasteiger partial charge is 0.0939 e. The van der Waals surface area contributed by atoms with Gasteiger partial charge in [0.2, 0.25) is 0 Å². The SMILES string of the molecule is CC(CN)CC1CCOC2(CCOC2)C1. The Morgan fingerprint density at radius 3 is 3.00 bits per heavy atom. The maximum absolute atomic E-state index is 5.92. The minimum Gasteiger partial charge on any atom is -0.378 e. The van der Waals surface area contributed by atoms with Crippen molar-refractivity contribution >= 4 is 0 Å². The van der Waals surface area contributed by atoms with Gasteiger partial charge in [0.1, 0.15) is 0 Å². The molecule has 88 valence electrons. The van der Waals surface area contributed by atoms with Gasteiger partial charge in [-0.15, -0.1) is 0 Å². The fraction of sp³-hybridized carbons (Fsp3) is 1.00. The molecule has 3 nitrogen and oxygen atoms in total. The van der Waals surface area contributed by atoms with Crippen molar-refractivity contribution in [1.82, 2.24) is 0 Å². The van der Waals surface area contributed by atoms with Crippen molar-refractivity contribution in [2.75, 3.05) is 26.4 Å². The van der Waals surface area contributed by atoms with E-state index in [2.05, 4.69) is 6.92 Å². The van der Waals surface area contributed by atoms with Crippen LogP contribution in [0.25, 0.3) is 0 Å². The third-order valence-corrected chi connectivity index (χ3v) is 3.80. The van der Waals surface area contributed by atoms with Gasteiger partial charge in [0, 0.05) is 19.6 Å². The average molecular weight is 213 g/mol. The lowest BCUT2D eigenvalue weighted by Crippen LogP contribution is -2.40. The van der Waals surface area contributed by atoms with Crippen LogP contribution < -0.4 is 5.73 Å². The third-order valence-electron chi connectivity index (χ3n) is 3.80. The van der Waals surface area contributed by atoms with Crippen LogP contribution in [-0.2, 0) is 9.47 Å². The summed E-state index contributed by atoms with van der Waals surface area (Å²) in [6.07, 6.45) is 4.71. The molecule has 2 saturated heterocycles. The molecule has 0 aromatic heterocycles. The van der Waals surface area contributed by atoms with E-state index in [-0.39, 0.29) is 5.60 Å². The van der Waals surface area contributed by atoms with E-state index in [4.69, 9.17) is 15.2 Å². The molecule has 3 unspecified atom stereocenters. The molecular formula is C12H23NO2. The zero-order valence-electron chi connectivity index (χ0n) is 9.71. The molecule has 15 heavy (non-hydrogen) atoms. The van der Waals surface area contributed by atoms with Gasteiger partial charge in [0.25, 0.3) is 0 Å². The Hall–Kier alpha value is -0.120. The fourth-order valence-corrected chi connectivity index (χ4v) is 2.86. The molecule has 2 aliphatic rings. The standard InChI is InChI=1S/C12H23NO2/c1-10(8-13)6-11-2-4-15-12(7-11)3-5-14-9-12/h10-11H,2-9,13H2,1H3. The van der Waals surface area contributed by atoms with E-state index in [1.165, 1.54) is 19.3 Å². The molecule has 2 fully saturated rings. The summed E-state index contributed by atoms with van der Waals surface area (Å²) >= 11 is 0. The molecule has 0 aromatic carbocycles. The number of hydrogen-bond donors (Lipinski definition) is 1. The molecule has 2 N–H and O–H groups in total. The molecule has 3 heteroatoms. The molecule has 2 aliphatic heterocycles. The average Bonchev–Trinajstić information content (AvgIpc) is 2.66. The van der Waals surface area contributed by atoms with Crippen LogP contribution in [0.4, 0.5) is 0 Å². The van der Waals surface area contributed by atoms with Crippen molar-refractivity contribution in [2.24, 2.45) is 17.6 Å². The highest BCUT2D eigenvalue weighted by atomic mass is 16.6. The quantitative estimate of drug-likeness (QED) is 0.773. The molecule has 2 rings (SSSR count). The first-order valence-electron chi connectivity index (χ1n) is 6.16. The molecule has 0 aromatic rings. The van der Waals surface area contributed by atoms with Gasteiger partial charge in [-0.2, -0.15) is 0 Å². The van der Waals surface area contributed by atoms with Crippen LogP contribution in [0.5, 0.6) is 0 Å². The first-order valence-corrected chi connectivity index (χ1v) is 6.16. The summed E-state index contributed by atoms with van der Waals surface area (Å²) in [5.74, 6) is 1.44. The zero-order chi connectivity index (χ0) is 10.7. The highest BCUT2D eigenvalue weighted by Gasteiger charge is 2.40. The summed E-state index contributed by atoms with van der Waals surface area (Å²) in [7, 11) is 0. The van der Waals surface area contributed by atoms with Crippen molar-refractivity contribution in [2.45, 2.75) is 38.2 Å². The van der Waals surface area contributed by atoms with Crippen molar-refractivity contribution in [1.29, 1.82) is 0 Å². The Balaban J connectivity index is 1.86.